The van der Waals surface area contributed by atoms with Gasteiger partial charge in [0.2, 0.25) is 4.90 Å². The molecule has 4 nitrogen and oxygen atoms in total. The van der Waals surface area contributed by atoms with Crippen LogP contribution in [0.15, 0.2) is 59.0 Å². The number of hydrogen-bond donors (Lipinski definition) is 0. The fourth-order valence-corrected chi connectivity index (χ4v) is 6.00. The molecule has 6 aromatic rings. The third-order valence-corrected chi connectivity index (χ3v) is 7.42. The van der Waals surface area contributed by atoms with E-state index in [1.54, 1.807) is 11.3 Å². The first kappa shape index (κ1) is 19.3. The van der Waals surface area contributed by atoms with Gasteiger partial charge in [-0.25, -0.2) is 9.55 Å². The summed E-state index contributed by atoms with van der Waals surface area (Å²) in [7, 11) is 2.16. The Kier molecular flexibility index (Phi) is 4.08. The summed E-state index contributed by atoms with van der Waals surface area (Å²) in [6.45, 7) is 8.48. The monoisotopic (exact) mass is 438 g/mol. The standard InChI is InChI=1S/C27H24N3OS/c1-15-9-8-10-16(2)25(15)30-22-12-7-6-11-21(22)29(5)26(30)19-14-23-20(13-17(19)3)24-27(32-23)31-18(4)28-24/h6-14H,1-5H3/q+1. The quantitative estimate of drug-likeness (QED) is 0.282. The number of nitrogens with zero attached hydrogens (tertiary/aromatic N) is 3. The second-order valence-corrected chi connectivity index (χ2v) is 9.60. The molecule has 0 aliphatic rings. The molecule has 32 heavy (non-hydrogen) atoms. The molecule has 0 atom stereocenters. The first-order valence-electron chi connectivity index (χ1n) is 10.8. The van der Waals surface area contributed by atoms with Gasteiger partial charge in [-0.3, -0.25) is 0 Å². The Balaban J connectivity index is 1.74. The Hall–Kier alpha value is -3.44. The average molecular weight is 439 g/mol. The van der Waals surface area contributed by atoms with Gasteiger partial charge in [-0.1, -0.05) is 41.7 Å². The van der Waals surface area contributed by atoms with Crippen LogP contribution in [0.1, 0.15) is 22.6 Å². The molecule has 0 saturated heterocycles. The zero-order chi connectivity index (χ0) is 22.1. The molecule has 0 aliphatic carbocycles. The molecule has 0 amide bonds. The lowest BCUT2D eigenvalue weighted by Gasteiger charge is -2.11. The molecule has 0 radical (unpaired) electrons. The lowest BCUT2D eigenvalue weighted by molar-refractivity contribution is -0.633. The lowest BCUT2D eigenvalue weighted by atomic mass is 10.0. The predicted molar refractivity (Wildman–Crippen MR) is 132 cm³/mol. The third-order valence-electron chi connectivity index (χ3n) is 6.40. The van der Waals surface area contributed by atoms with Gasteiger partial charge in [0.15, 0.2) is 16.9 Å². The third kappa shape index (κ3) is 2.61. The van der Waals surface area contributed by atoms with Crippen LogP contribution in [0, 0.1) is 27.7 Å². The van der Waals surface area contributed by atoms with Crippen molar-refractivity contribution < 1.29 is 8.98 Å². The van der Waals surface area contributed by atoms with Crippen molar-refractivity contribution in [3.8, 4) is 17.1 Å². The molecule has 0 saturated carbocycles. The fourth-order valence-electron chi connectivity index (χ4n) is 4.95. The van der Waals surface area contributed by atoms with Crippen molar-refractivity contribution in [3.63, 3.8) is 0 Å². The maximum atomic E-state index is 5.83. The number of para-hydroxylation sites is 3. The Bertz CT molecular complexity index is 1660. The van der Waals surface area contributed by atoms with Gasteiger partial charge in [-0.15, -0.1) is 0 Å². The van der Waals surface area contributed by atoms with E-state index in [2.05, 4.69) is 96.5 Å². The van der Waals surface area contributed by atoms with Gasteiger partial charge in [0.05, 0.1) is 12.6 Å². The van der Waals surface area contributed by atoms with Crippen LogP contribution in [0.3, 0.4) is 0 Å². The van der Waals surface area contributed by atoms with Crippen molar-refractivity contribution in [1.82, 2.24) is 9.55 Å². The number of thiophene rings is 1. The van der Waals surface area contributed by atoms with Gasteiger partial charge in [-0.2, -0.15) is 4.57 Å². The van der Waals surface area contributed by atoms with E-state index in [1.165, 1.54) is 54.9 Å². The molecule has 3 heterocycles. The van der Waals surface area contributed by atoms with Crippen molar-refractivity contribution in [2.45, 2.75) is 27.7 Å². The largest absolute Gasteiger partial charge is 0.430 e. The van der Waals surface area contributed by atoms with E-state index in [1.807, 2.05) is 6.92 Å². The molecular weight excluding hydrogens is 414 g/mol. The number of benzene rings is 3. The molecule has 0 aliphatic heterocycles. The Morgan fingerprint density at radius 2 is 1.66 bits per heavy atom. The number of hydrogen-bond acceptors (Lipinski definition) is 3. The van der Waals surface area contributed by atoms with Crippen LogP contribution >= 0.6 is 11.3 Å². The average Bonchev–Trinajstić information content (AvgIpc) is 3.37. The maximum Gasteiger partial charge on any atom is 0.295 e. The van der Waals surface area contributed by atoms with Crippen molar-refractivity contribution in [3.05, 3.63) is 77.2 Å². The minimum atomic E-state index is 0.719. The molecule has 0 spiro atoms. The number of oxazole rings is 1. The van der Waals surface area contributed by atoms with Crippen LogP contribution in [-0.4, -0.2) is 9.55 Å². The second kappa shape index (κ2) is 6.78. The first-order chi connectivity index (χ1) is 15.4. The Morgan fingerprint density at radius 1 is 0.906 bits per heavy atom. The van der Waals surface area contributed by atoms with Crippen LogP contribution in [0.4, 0.5) is 0 Å². The zero-order valence-corrected chi connectivity index (χ0v) is 19.7. The molecule has 5 heteroatoms. The van der Waals surface area contributed by atoms with Crippen molar-refractivity contribution >= 4 is 42.9 Å². The molecule has 3 aromatic carbocycles. The molecule has 158 valence electrons. The summed E-state index contributed by atoms with van der Waals surface area (Å²) in [5.74, 6) is 1.90. The van der Waals surface area contributed by atoms with E-state index >= 15 is 0 Å². The summed E-state index contributed by atoms with van der Waals surface area (Å²) in [5, 5.41) is 1.17. The second-order valence-electron chi connectivity index (χ2n) is 8.58. The highest BCUT2D eigenvalue weighted by molar-refractivity contribution is 7.25. The van der Waals surface area contributed by atoms with Crippen molar-refractivity contribution in [1.29, 1.82) is 0 Å². The van der Waals surface area contributed by atoms with Crippen molar-refractivity contribution in [2.24, 2.45) is 7.05 Å². The molecule has 3 aromatic heterocycles. The van der Waals surface area contributed by atoms with Crippen molar-refractivity contribution in [2.75, 3.05) is 0 Å². The highest BCUT2D eigenvalue weighted by atomic mass is 32.1. The van der Waals surface area contributed by atoms with Gasteiger partial charge >= 0.3 is 0 Å². The summed E-state index contributed by atoms with van der Waals surface area (Å²) in [4.78, 5) is 5.52. The normalized spacial score (nSPS) is 11.9. The minimum absolute atomic E-state index is 0.719. The summed E-state index contributed by atoms with van der Waals surface area (Å²) in [6, 6.07) is 19.7. The number of aromatic nitrogens is 3. The van der Waals surface area contributed by atoms with Gasteiger partial charge < -0.3 is 4.42 Å². The molecule has 0 fully saturated rings. The summed E-state index contributed by atoms with van der Waals surface area (Å²) < 4.78 is 11.8. The minimum Gasteiger partial charge on any atom is -0.430 e. The molecular formula is C27H24N3OS+. The zero-order valence-electron chi connectivity index (χ0n) is 18.9. The Morgan fingerprint density at radius 3 is 2.44 bits per heavy atom. The highest BCUT2D eigenvalue weighted by Crippen LogP contribution is 2.39. The number of imidazole rings is 1. The summed E-state index contributed by atoms with van der Waals surface area (Å²) in [5.41, 5.74) is 9.61. The van der Waals surface area contributed by atoms with Crippen LogP contribution in [0.2, 0.25) is 0 Å². The van der Waals surface area contributed by atoms with Crippen LogP contribution in [-0.2, 0) is 7.05 Å². The van der Waals surface area contributed by atoms with E-state index < -0.39 is 0 Å². The maximum absolute atomic E-state index is 5.83. The first-order valence-corrected chi connectivity index (χ1v) is 11.6. The van der Waals surface area contributed by atoms with Crippen LogP contribution in [0.25, 0.3) is 48.6 Å². The molecule has 0 unspecified atom stereocenters. The number of aryl methyl sites for hydroxylation is 5. The highest BCUT2D eigenvalue weighted by Gasteiger charge is 2.29. The van der Waals surface area contributed by atoms with Crippen LogP contribution < -0.4 is 4.57 Å². The van der Waals surface area contributed by atoms with E-state index in [0.29, 0.717) is 0 Å². The number of rotatable bonds is 2. The number of fused-ring (bicyclic) bond motifs is 4. The molecule has 0 N–H and O–H groups in total. The smallest absolute Gasteiger partial charge is 0.295 e. The lowest BCUT2D eigenvalue weighted by Crippen LogP contribution is -2.30. The van der Waals surface area contributed by atoms with Crippen LogP contribution in [0.5, 0.6) is 0 Å². The summed E-state index contributed by atoms with van der Waals surface area (Å²) >= 11 is 1.67. The van der Waals surface area contributed by atoms with Gasteiger partial charge in [-0.05, 0) is 61.7 Å². The molecule has 0 bridgehead atoms. The van der Waals surface area contributed by atoms with Gasteiger partial charge in [0.25, 0.3) is 5.82 Å². The summed E-state index contributed by atoms with van der Waals surface area (Å²) in [6.07, 6.45) is 0. The van der Waals surface area contributed by atoms with Gasteiger partial charge in [0.1, 0.15) is 11.2 Å². The topological polar surface area (TPSA) is 34.8 Å². The predicted octanol–water partition coefficient (Wildman–Crippen LogP) is 6.71. The van der Waals surface area contributed by atoms with E-state index in [4.69, 9.17) is 4.42 Å². The van der Waals surface area contributed by atoms with Gasteiger partial charge in [0, 0.05) is 17.0 Å². The van der Waals surface area contributed by atoms with E-state index in [0.717, 1.165) is 16.3 Å². The Labute approximate surface area is 190 Å². The van der Waals surface area contributed by atoms with E-state index in [-0.39, 0.29) is 0 Å². The SMILES string of the molecule is Cc1nc2c(o1)sc1cc(-c3n(-c4c(C)cccc4C)c4ccccc4[n+]3C)c(C)cc12. The van der Waals surface area contributed by atoms with E-state index in [9.17, 15) is 0 Å². The molecule has 6 rings (SSSR count). The fraction of sp³-hybridized carbons (Fsp3) is 0.185.